The van der Waals surface area contributed by atoms with E-state index in [0.717, 1.165) is 11.1 Å². The quantitative estimate of drug-likeness (QED) is 0.658. The molecule has 0 aromatic heterocycles. The van der Waals surface area contributed by atoms with Crippen LogP contribution >= 0.6 is 0 Å². The zero-order valence-corrected chi connectivity index (χ0v) is 7.95. The summed E-state index contributed by atoms with van der Waals surface area (Å²) >= 11 is 0. The average Bonchev–Trinajstić information content (AvgIpc) is 2.12. The molecule has 0 radical (unpaired) electrons. The van der Waals surface area contributed by atoms with E-state index in [4.69, 9.17) is 4.74 Å². The summed E-state index contributed by atoms with van der Waals surface area (Å²) in [6, 6.07) is 6.11. The number of aliphatic hydroxyl groups is 1. The normalized spacial score (nSPS) is 27.0. The zero-order chi connectivity index (χ0) is 9.42. The van der Waals surface area contributed by atoms with E-state index in [1.165, 1.54) is 5.56 Å². The van der Waals surface area contributed by atoms with Crippen LogP contribution < -0.4 is 0 Å². The number of aliphatic hydroxyl groups excluding tert-OH is 1. The molecule has 1 aliphatic heterocycles. The Kier molecular flexibility index (Phi) is 2.10. The van der Waals surface area contributed by atoms with E-state index < -0.39 is 6.10 Å². The Hall–Kier alpha value is -0.860. The number of fused-ring (bicyclic) bond motifs is 1. The van der Waals surface area contributed by atoms with Crippen LogP contribution in [-0.2, 0) is 11.3 Å². The highest BCUT2D eigenvalue weighted by Crippen LogP contribution is 2.29. The van der Waals surface area contributed by atoms with Gasteiger partial charge in [0.15, 0.2) is 0 Å². The summed E-state index contributed by atoms with van der Waals surface area (Å²) in [5, 5.41) is 9.83. The van der Waals surface area contributed by atoms with Gasteiger partial charge in [0.25, 0.3) is 0 Å². The molecule has 2 rings (SSSR count). The molecule has 0 bridgehead atoms. The van der Waals surface area contributed by atoms with Gasteiger partial charge in [-0.1, -0.05) is 23.8 Å². The standard InChI is InChI=1S/C11H14O2/c1-7-3-4-9-6-13-8(2)11(12)10(9)5-7/h3-5,8,11-12H,6H2,1-2H3. The highest BCUT2D eigenvalue weighted by molar-refractivity contribution is 5.34. The number of ether oxygens (including phenoxy) is 1. The molecule has 2 atom stereocenters. The molecule has 0 amide bonds. The summed E-state index contributed by atoms with van der Waals surface area (Å²) in [4.78, 5) is 0. The fraction of sp³-hybridized carbons (Fsp3) is 0.455. The lowest BCUT2D eigenvalue weighted by Crippen LogP contribution is -2.25. The largest absolute Gasteiger partial charge is 0.386 e. The van der Waals surface area contributed by atoms with Gasteiger partial charge in [0.2, 0.25) is 0 Å². The molecule has 2 heteroatoms. The molecule has 0 saturated heterocycles. The van der Waals surface area contributed by atoms with Gasteiger partial charge in [-0.3, -0.25) is 0 Å². The van der Waals surface area contributed by atoms with Crippen LogP contribution in [0.2, 0.25) is 0 Å². The zero-order valence-electron chi connectivity index (χ0n) is 7.95. The van der Waals surface area contributed by atoms with Crippen LogP contribution in [0.4, 0.5) is 0 Å². The number of hydrogen-bond donors (Lipinski definition) is 1. The van der Waals surface area contributed by atoms with Crippen molar-refractivity contribution in [3.8, 4) is 0 Å². The third-order valence-electron chi connectivity index (χ3n) is 2.57. The summed E-state index contributed by atoms with van der Waals surface area (Å²) in [7, 11) is 0. The van der Waals surface area contributed by atoms with Crippen molar-refractivity contribution in [3.05, 3.63) is 34.9 Å². The Bertz CT molecular complexity index is 320. The van der Waals surface area contributed by atoms with Crippen LogP contribution in [0, 0.1) is 6.92 Å². The predicted octanol–water partition coefficient (Wildman–Crippen LogP) is 1.95. The highest BCUT2D eigenvalue weighted by Gasteiger charge is 2.24. The number of rotatable bonds is 0. The number of benzene rings is 1. The van der Waals surface area contributed by atoms with E-state index in [9.17, 15) is 5.11 Å². The Morgan fingerprint density at radius 2 is 2.23 bits per heavy atom. The minimum Gasteiger partial charge on any atom is -0.386 e. The van der Waals surface area contributed by atoms with Gasteiger partial charge in [-0.2, -0.15) is 0 Å². The lowest BCUT2D eigenvalue weighted by molar-refractivity contribution is -0.0524. The molecule has 0 saturated carbocycles. The van der Waals surface area contributed by atoms with Gasteiger partial charge >= 0.3 is 0 Å². The molecule has 1 aromatic rings. The summed E-state index contributed by atoms with van der Waals surface area (Å²) in [5.74, 6) is 0. The predicted molar refractivity (Wildman–Crippen MR) is 50.4 cm³/mol. The van der Waals surface area contributed by atoms with Crippen LogP contribution in [0.3, 0.4) is 0 Å². The fourth-order valence-corrected chi connectivity index (χ4v) is 1.69. The van der Waals surface area contributed by atoms with Gasteiger partial charge in [0.1, 0.15) is 6.10 Å². The van der Waals surface area contributed by atoms with Crippen molar-refractivity contribution in [1.29, 1.82) is 0 Å². The third kappa shape index (κ3) is 1.47. The van der Waals surface area contributed by atoms with E-state index in [2.05, 4.69) is 0 Å². The monoisotopic (exact) mass is 178 g/mol. The Morgan fingerprint density at radius 3 is 3.00 bits per heavy atom. The first-order chi connectivity index (χ1) is 6.18. The smallest absolute Gasteiger partial charge is 0.105 e. The molecule has 0 spiro atoms. The maximum absolute atomic E-state index is 9.83. The van der Waals surface area contributed by atoms with Gasteiger partial charge in [-0.15, -0.1) is 0 Å². The molecule has 0 aliphatic carbocycles. The van der Waals surface area contributed by atoms with Crippen LogP contribution in [0.1, 0.15) is 29.7 Å². The summed E-state index contributed by atoms with van der Waals surface area (Å²) < 4.78 is 5.41. The van der Waals surface area contributed by atoms with Crippen molar-refractivity contribution in [3.63, 3.8) is 0 Å². The van der Waals surface area contributed by atoms with E-state index in [0.29, 0.717) is 6.61 Å². The van der Waals surface area contributed by atoms with Crippen molar-refractivity contribution >= 4 is 0 Å². The van der Waals surface area contributed by atoms with Crippen molar-refractivity contribution in [2.45, 2.75) is 32.7 Å². The third-order valence-corrected chi connectivity index (χ3v) is 2.57. The first-order valence-electron chi connectivity index (χ1n) is 4.57. The molecular weight excluding hydrogens is 164 g/mol. The topological polar surface area (TPSA) is 29.5 Å². The molecular formula is C11H14O2. The summed E-state index contributed by atoms with van der Waals surface area (Å²) in [6.07, 6.45) is -0.557. The Labute approximate surface area is 78.2 Å². The molecule has 13 heavy (non-hydrogen) atoms. The second-order valence-electron chi connectivity index (χ2n) is 3.66. The Balaban J connectivity index is 2.45. The lowest BCUT2D eigenvalue weighted by atomic mass is 9.95. The fourth-order valence-electron chi connectivity index (χ4n) is 1.69. The lowest BCUT2D eigenvalue weighted by Gasteiger charge is -2.28. The first-order valence-corrected chi connectivity index (χ1v) is 4.57. The molecule has 1 heterocycles. The maximum Gasteiger partial charge on any atom is 0.105 e. The van der Waals surface area contributed by atoms with Gasteiger partial charge in [0.05, 0.1) is 12.7 Å². The average molecular weight is 178 g/mol. The molecule has 2 unspecified atom stereocenters. The maximum atomic E-state index is 9.83. The van der Waals surface area contributed by atoms with Crippen molar-refractivity contribution in [2.24, 2.45) is 0 Å². The van der Waals surface area contributed by atoms with Crippen LogP contribution in [0.25, 0.3) is 0 Å². The van der Waals surface area contributed by atoms with Crippen molar-refractivity contribution in [2.75, 3.05) is 0 Å². The molecule has 1 aromatic carbocycles. The van der Waals surface area contributed by atoms with Gasteiger partial charge in [0, 0.05) is 0 Å². The van der Waals surface area contributed by atoms with E-state index >= 15 is 0 Å². The molecule has 1 aliphatic rings. The van der Waals surface area contributed by atoms with Crippen LogP contribution in [0.15, 0.2) is 18.2 Å². The second-order valence-corrected chi connectivity index (χ2v) is 3.66. The van der Waals surface area contributed by atoms with Crippen molar-refractivity contribution < 1.29 is 9.84 Å². The second kappa shape index (κ2) is 3.13. The van der Waals surface area contributed by atoms with E-state index in [-0.39, 0.29) is 6.10 Å². The van der Waals surface area contributed by atoms with Crippen LogP contribution in [-0.4, -0.2) is 11.2 Å². The summed E-state index contributed by atoms with van der Waals surface area (Å²) in [6.45, 7) is 4.55. The number of hydrogen-bond acceptors (Lipinski definition) is 2. The van der Waals surface area contributed by atoms with Crippen LogP contribution in [0.5, 0.6) is 0 Å². The Morgan fingerprint density at radius 1 is 1.46 bits per heavy atom. The van der Waals surface area contributed by atoms with E-state index in [1.54, 1.807) is 0 Å². The van der Waals surface area contributed by atoms with Gasteiger partial charge < -0.3 is 9.84 Å². The minimum absolute atomic E-state index is 0.0886. The van der Waals surface area contributed by atoms with Gasteiger partial charge in [-0.25, -0.2) is 0 Å². The highest BCUT2D eigenvalue weighted by atomic mass is 16.5. The van der Waals surface area contributed by atoms with Crippen molar-refractivity contribution in [1.82, 2.24) is 0 Å². The van der Waals surface area contributed by atoms with Gasteiger partial charge in [-0.05, 0) is 25.0 Å². The molecule has 2 nitrogen and oxygen atoms in total. The summed E-state index contributed by atoms with van der Waals surface area (Å²) in [5.41, 5.74) is 3.32. The first kappa shape index (κ1) is 8.73. The SMILES string of the molecule is Cc1ccc2c(c1)C(O)C(C)OC2. The number of aryl methyl sites for hydroxylation is 1. The molecule has 1 N–H and O–H groups in total. The van der Waals surface area contributed by atoms with E-state index in [1.807, 2.05) is 32.0 Å². The molecule has 70 valence electrons. The molecule has 0 fully saturated rings. The minimum atomic E-state index is -0.469.